The Morgan fingerprint density at radius 3 is 2.54 bits per heavy atom. The molecule has 0 unspecified atom stereocenters. The second-order valence-corrected chi connectivity index (χ2v) is 13.4. The average Bonchev–Trinajstić information content (AvgIpc) is 3.79. The Labute approximate surface area is 301 Å². The lowest BCUT2D eigenvalue weighted by Gasteiger charge is -2.36. The van der Waals surface area contributed by atoms with Crippen LogP contribution in [0.15, 0.2) is 59.0 Å². The Bertz CT molecular complexity index is 2440. The van der Waals surface area contributed by atoms with Crippen molar-refractivity contribution >= 4 is 62.0 Å². The molecule has 1 aliphatic rings. The van der Waals surface area contributed by atoms with E-state index in [-0.39, 0.29) is 84.3 Å². The number of carbonyl (C=O) groups is 2. The van der Waals surface area contributed by atoms with E-state index in [0.717, 1.165) is 32.8 Å². The van der Waals surface area contributed by atoms with E-state index in [1.807, 2.05) is 41.5 Å². The highest BCUT2D eigenvalue weighted by molar-refractivity contribution is 7.17. The minimum atomic E-state index is -4.62. The number of amides is 2. The van der Waals surface area contributed by atoms with Crippen LogP contribution in [-0.4, -0.2) is 77.1 Å². The van der Waals surface area contributed by atoms with Crippen molar-refractivity contribution in [1.29, 1.82) is 0 Å². The van der Waals surface area contributed by atoms with Crippen molar-refractivity contribution in [3.8, 4) is 17.1 Å². The molecule has 0 spiro atoms. The van der Waals surface area contributed by atoms with Gasteiger partial charge >= 0.3 is 6.18 Å². The third-order valence-corrected chi connectivity index (χ3v) is 10.0. The molecular formula is C34H29ClF3N9O4S. The number of aromatic hydroxyl groups is 1. The van der Waals surface area contributed by atoms with Crippen molar-refractivity contribution in [3.63, 3.8) is 0 Å². The lowest BCUT2D eigenvalue weighted by atomic mass is 10.2. The summed E-state index contributed by atoms with van der Waals surface area (Å²) in [5, 5.41) is 20.3. The van der Waals surface area contributed by atoms with Gasteiger partial charge in [-0.1, -0.05) is 30.7 Å². The summed E-state index contributed by atoms with van der Waals surface area (Å²) in [4.78, 5) is 57.0. The van der Waals surface area contributed by atoms with Crippen molar-refractivity contribution in [2.75, 3.05) is 36.4 Å². The molecule has 1 fully saturated rings. The number of nitrogens with one attached hydrogen (secondary N) is 1. The highest BCUT2D eigenvalue weighted by Gasteiger charge is 2.32. The third kappa shape index (κ3) is 6.41. The van der Waals surface area contributed by atoms with E-state index in [4.69, 9.17) is 16.6 Å². The number of nitrogens with zero attached hydrogens (tertiary/aromatic N) is 8. The zero-order valence-electron chi connectivity index (χ0n) is 27.6. The molecule has 1 aliphatic heterocycles. The predicted molar refractivity (Wildman–Crippen MR) is 189 cm³/mol. The van der Waals surface area contributed by atoms with Crippen LogP contribution >= 0.6 is 22.9 Å². The number of hydrogen-bond donors (Lipinski definition) is 2. The topological polar surface area (TPSA) is 151 Å². The van der Waals surface area contributed by atoms with Gasteiger partial charge in [0.1, 0.15) is 18.6 Å². The van der Waals surface area contributed by atoms with Crippen molar-refractivity contribution in [2.24, 2.45) is 0 Å². The number of piperazine rings is 1. The molecule has 0 saturated carbocycles. The number of hydrogen-bond acceptors (Lipinski definition) is 10. The molecular weight excluding hydrogens is 723 g/mol. The van der Waals surface area contributed by atoms with Crippen molar-refractivity contribution in [3.05, 3.63) is 92.2 Å². The number of alkyl halides is 3. The Kier molecular flexibility index (Phi) is 9.08. The first-order chi connectivity index (χ1) is 24.8. The lowest BCUT2D eigenvalue weighted by Crippen LogP contribution is -2.51. The van der Waals surface area contributed by atoms with Crippen LogP contribution in [0.1, 0.15) is 34.4 Å². The zero-order chi connectivity index (χ0) is 36.9. The first-order valence-corrected chi connectivity index (χ1v) is 17.3. The van der Waals surface area contributed by atoms with Gasteiger partial charge in [0.25, 0.3) is 11.5 Å². The number of fused-ring (bicyclic) bond motifs is 2. The molecule has 52 heavy (non-hydrogen) atoms. The summed E-state index contributed by atoms with van der Waals surface area (Å²) >= 11 is 7.67. The fourth-order valence-electron chi connectivity index (χ4n) is 6.18. The summed E-state index contributed by atoms with van der Waals surface area (Å²) in [6, 6.07) is 10.3. The van der Waals surface area contributed by atoms with Crippen LogP contribution in [-0.2, 0) is 23.9 Å². The van der Waals surface area contributed by atoms with Crippen LogP contribution in [0.2, 0.25) is 5.02 Å². The van der Waals surface area contributed by atoms with Crippen molar-refractivity contribution in [1.82, 2.24) is 34.0 Å². The quantitative estimate of drug-likeness (QED) is 0.218. The van der Waals surface area contributed by atoms with Gasteiger partial charge in [0, 0.05) is 36.4 Å². The number of aryl methyl sites for hydroxylation is 1. The maximum Gasteiger partial charge on any atom is 0.416 e. The zero-order valence-corrected chi connectivity index (χ0v) is 29.2. The third-order valence-electron chi connectivity index (χ3n) is 8.84. The van der Waals surface area contributed by atoms with Crippen molar-refractivity contribution < 1.29 is 27.9 Å². The smallest absolute Gasteiger partial charge is 0.416 e. The molecule has 18 heteroatoms. The van der Waals surface area contributed by atoms with E-state index in [1.165, 1.54) is 11.2 Å². The first-order valence-electron chi connectivity index (χ1n) is 16.1. The van der Waals surface area contributed by atoms with E-state index in [0.29, 0.717) is 11.3 Å². The van der Waals surface area contributed by atoms with Crippen LogP contribution in [0.4, 0.5) is 24.5 Å². The normalized spacial score (nSPS) is 13.7. The molecule has 1 saturated heterocycles. The number of carbonyl (C=O) groups excluding carboxylic acids is 2. The van der Waals surface area contributed by atoms with Gasteiger partial charge in [-0.3, -0.25) is 14.4 Å². The molecule has 4 aromatic heterocycles. The fraction of sp³-hybridized carbons (Fsp3) is 0.265. The summed E-state index contributed by atoms with van der Waals surface area (Å²) < 4.78 is 43.4. The molecule has 0 bridgehead atoms. The van der Waals surface area contributed by atoms with Gasteiger partial charge in [-0.15, -0.1) is 16.4 Å². The van der Waals surface area contributed by atoms with Crippen LogP contribution in [0.5, 0.6) is 5.75 Å². The van der Waals surface area contributed by atoms with E-state index < -0.39 is 29.1 Å². The minimum absolute atomic E-state index is 0.0212. The maximum absolute atomic E-state index is 14.3. The van der Waals surface area contributed by atoms with Gasteiger partial charge in [-0.25, -0.2) is 9.97 Å². The Morgan fingerprint density at radius 1 is 1.06 bits per heavy atom. The lowest BCUT2D eigenvalue weighted by molar-refractivity contribution is -0.137. The standard InChI is InChI=1S/C34H29ClF3N9O4S/c1-3-24-28(44-9-11-45(12-10-44)31(50)27-29(49)18(2)39-17-40-27)32(51)47-33(42-30(43-47)20-5-4-19-8-13-52-25(19)14-20)46(24)16-26(48)41-23-7-6-21(15-22(23)35)34(36,37)38/h4-8,13-15,17,49H,3,9-12,16H2,1-2H3,(H,41,48). The Hall–Kier alpha value is -5.55. The average molecular weight is 752 g/mol. The van der Waals surface area contributed by atoms with Gasteiger partial charge in [-0.2, -0.15) is 22.7 Å². The van der Waals surface area contributed by atoms with E-state index >= 15 is 0 Å². The number of benzene rings is 2. The highest BCUT2D eigenvalue weighted by atomic mass is 35.5. The molecule has 13 nitrogen and oxygen atoms in total. The Morgan fingerprint density at radius 2 is 1.83 bits per heavy atom. The number of anilines is 2. The summed E-state index contributed by atoms with van der Waals surface area (Å²) in [6.07, 6.45) is -3.13. The van der Waals surface area contributed by atoms with Gasteiger partial charge in [0.05, 0.1) is 27.7 Å². The van der Waals surface area contributed by atoms with Crippen LogP contribution in [0.25, 0.3) is 27.3 Å². The first kappa shape index (κ1) is 34.9. The number of thiophene rings is 1. The van der Waals surface area contributed by atoms with Crippen molar-refractivity contribution in [2.45, 2.75) is 33.0 Å². The SMILES string of the molecule is CCc1c(N2CCN(C(=O)c3ncnc(C)c3O)CC2)c(=O)n2nc(-c3ccc4ccsc4c3)nc2n1CC(=O)Nc1ccc(C(F)(F)F)cc1Cl. The number of aromatic nitrogens is 6. The summed E-state index contributed by atoms with van der Waals surface area (Å²) in [5.41, 5.74) is 0.0651. The molecule has 7 rings (SSSR count). The second kappa shape index (κ2) is 13.5. The molecule has 268 valence electrons. The van der Waals surface area contributed by atoms with Gasteiger partial charge in [0.2, 0.25) is 11.7 Å². The number of rotatable bonds is 7. The Balaban J connectivity index is 1.26. The van der Waals surface area contributed by atoms with Gasteiger partial charge < -0.3 is 24.8 Å². The van der Waals surface area contributed by atoms with E-state index in [2.05, 4.69) is 20.4 Å². The summed E-state index contributed by atoms with van der Waals surface area (Å²) in [5.74, 6) is -1.07. The second-order valence-electron chi connectivity index (χ2n) is 12.0. The molecule has 0 atom stereocenters. The molecule has 0 aliphatic carbocycles. The largest absolute Gasteiger partial charge is 0.504 e. The van der Waals surface area contributed by atoms with Crippen LogP contribution in [0.3, 0.4) is 0 Å². The monoisotopic (exact) mass is 751 g/mol. The highest BCUT2D eigenvalue weighted by Crippen LogP contribution is 2.34. The van der Waals surface area contributed by atoms with E-state index in [9.17, 15) is 32.7 Å². The number of halogens is 4. The molecule has 6 aromatic rings. The fourth-order valence-corrected chi connectivity index (χ4v) is 7.23. The maximum atomic E-state index is 14.3. The molecule has 5 heterocycles. The van der Waals surface area contributed by atoms with E-state index in [1.54, 1.807) is 22.8 Å². The van der Waals surface area contributed by atoms with Gasteiger partial charge in [0.15, 0.2) is 17.3 Å². The van der Waals surface area contributed by atoms with Gasteiger partial charge in [-0.05, 0) is 54.4 Å². The molecule has 2 N–H and O–H groups in total. The summed E-state index contributed by atoms with van der Waals surface area (Å²) in [7, 11) is 0. The predicted octanol–water partition coefficient (Wildman–Crippen LogP) is 5.41. The van der Waals surface area contributed by atoms with Crippen LogP contribution in [0, 0.1) is 6.92 Å². The van der Waals surface area contributed by atoms with Crippen LogP contribution < -0.4 is 15.8 Å². The summed E-state index contributed by atoms with van der Waals surface area (Å²) in [6.45, 7) is 3.84. The minimum Gasteiger partial charge on any atom is -0.504 e. The molecule has 2 aromatic carbocycles. The molecule has 0 radical (unpaired) electrons. The molecule has 2 amide bonds.